The first-order chi connectivity index (χ1) is 11.0. The molecule has 0 unspecified atom stereocenters. The Hall–Kier alpha value is -1.50. The minimum absolute atomic E-state index is 0.625. The Labute approximate surface area is 139 Å². The number of nitrogen functional groups attached to an aromatic ring is 1. The predicted molar refractivity (Wildman–Crippen MR) is 94.3 cm³/mol. The molecule has 1 heterocycles. The van der Waals surface area contributed by atoms with E-state index in [-0.39, 0.29) is 0 Å². The van der Waals surface area contributed by atoms with Gasteiger partial charge in [-0.05, 0) is 33.3 Å². The summed E-state index contributed by atoms with van der Waals surface area (Å²) in [5, 5.41) is 0. The maximum atomic E-state index is 5.89. The Morgan fingerprint density at radius 2 is 1.22 bits per heavy atom. The fourth-order valence-corrected chi connectivity index (χ4v) is 2.40. The Bertz CT molecular complexity index is 484. The van der Waals surface area contributed by atoms with E-state index in [9.17, 15) is 0 Å². The predicted octanol–water partition coefficient (Wildman–Crippen LogP) is 0.835. The van der Waals surface area contributed by atoms with Gasteiger partial charge >= 0.3 is 0 Å². The number of ether oxygens (including phenoxy) is 2. The molecule has 6 nitrogen and oxygen atoms in total. The first kappa shape index (κ1) is 17.8. The molecule has 1 aromatic carbocycles. The van der Waals surface area contributed by atoms with E-state index in [1.165, 1.54) is 0 Å². The van der Waals surface area contributed by atoms with Crippen molar-refractivity contribution in [2.24, 2.45) is 0 Å². The molecule has 2 N–H and O–H groups in total. The molecule has 0 radical (unpaired) electrons. The lowest BCUT2D eigenvalue weighted by Crippen LogP contribution is -2.37. The van der Waals surface area contributed by atoms with Crippen molar-refractivity contribution in [2.45, 2.75) is 0 Å². The second-order valence-electron chi connectivity index (χ2n) is 6.31. The van der Waals surface area contributed by atoms with E-state index < -0.39 is 0 Å². The number of rotatable bonds is 0. The molecule has 1 aliphatic heterocycles. The van der Waals surface area contributed by atoms with E-state index in [0.717, 1.165) is 50.8 Å². The standard InChI is InChI=1S/C17H30N4O2/c1-19-6-8-20(2)10-12-22-16-5-4-15(18)14-17(16)23-13-11-21(3)9-7-19/h4-5,14H,6-13,18H2,1-3H3. The summed E-state index contributed by atoms with van der Waals surface area (Å²) in [5.74, 6) is 1.50. The molecule has 2 rings (SSSR count). The third kappa shape index (κ3) is 6.25. The second kappa shape index (κ2) is 8.96. The smallest absolute Gasteiger partial charge is 0.163 e. The van der Waals surface area contributed by atoms with E-state index in [2.05, 4.69) is 35.8 Å². The summed E-state index contributed by atoms with van der Waals surface area (Å²) in [5.41, 5.74) is 6.56. The SMILES string of the molecule is CN1CCOc2ccc(N)cc2OCCN(C)CCN(C)CC1. The Morgan fingerprint density at radius 1 is 0.739 bits per heavy atom. The lowest BCUT2D eigenvalue weighted by molar-refractivity contribution is 0.202. The first-order valence-corrected chi connectivity index (χ1v) is 8.25. The highest BCUT2D eigenvalue weighted by Gasteiger charge is 2.10. The summed E-state index contributed by atoms with van der Waals surface area (Å²) in [6.45, 7) is 7.22. The van der Waals surface area contributed by atoms with Gasteiger partial charge in [0.1, 0.15) is 13.2 Å². The first-order valence-electron chi connectivity index (χ1n) is 8.25. The minimum Gasteiger partial charge on any atom is -0.488 e. The van der Waals surface area contributed by atoms with Crippen LogP contribution in [0.3, 0.4) is 0 Å². The zero-order chi connectivity index (χ0) is 16.7. The van der Waals surface area contributed by atoms with Crippen LogP contribution in [0.4, 0.5) is 5.69 Å². The third-order valence-electron chi connectivity index (χ3n) is 4.16. The molecule has 0 amide bonds. The highest BCUT2D eigenvalue weighted by molar-refractivity contribution is 5.51. The molecule has 1 aromatic rings. The molecule has 1 aliphatic rings. The van der Waals surface area contributed by atoms with E-state index >= 15 is 0 Å². The van der Waals surface area contributed by atoms with Crippen LogP contribution in [0.1, 0.15) is 0 Å². The summed E-state index contributed by atoms with van der Waals surface area (Å²) < 4.78 is 11.8. The van der Waals surface area contributed by atoms with Crippen molar-refractivity contribution in [2.75, 3.05) is 79.4 Å². The van der Waals surface area contributed by atoms with Gasteiger partial charge in [0.2, 0.25) is 0 Å². The second-order valence-corrected chi connectivity index (χ2v) is 6.31. The molecular weight excluding hydrogens is 292 g/mol. The molecule has 0 aliphatic carbocycles. The summed E-state index contributed by atoms with van der Waals surface area (Å²) >= 11 is 0. The lowest BCUT2D eigenvalue weighted by atomic mass is 10.3. The number of likely N-dealkylation sites (N-methyl/N-ethyl adjacent to an activating group) is 3. The van der Waals surface area contributed by atoms with Crippen molar-refractivity contribution in [1.82, 2.24) is 14.7 Å². The Balaban J connectivity index is 2.03. The van der Waals surface area contributed by atoms with Crippen LogP contribution >= 0.6 is 0 Å². The van der Waals surface area contributed by atoms with Crippen LogP contribution in [-0.2, 0) is 0 Å². The van der Waals surface area contributed by atoms with Gasteiger partial charge in [-0.3, -0.25) is 0 Å². The number of benzene rings is 1. The molecule has 6 heteroatoms. The van der Waals surface area contributed by atoms with Crippen LogP contribution in [0, 0.1) is 0 Å². The van der Waals surface area contributed by atoms with E-state index in [1.807, 2.05) is 18.2 Å². The molecular formula is C17H30N4O2. The molecule has 0 bridgehead atoms. The quantitative estimate of drug-likeness (QED) is 0.714. The van der Waals surface area contributed by atoms with Crippen LogP contribution in [0.5, 0.6) is 11.5 Å². The topological polar surface area (TPSA) is 54.2 Å². The maximum absolute atomic E-state index is 5.89. The number of nitrogens with zero attached hydrogens (tertiary/aromatic N) is 3. The van der Waals surface area contributed by atoms with Gasteiger partial charge in [0.05, 0.1) is 0 Å². The van der Waals surface area contributed by atoms with Gasteiger partial charge in [-0.25, -0.2) is 0 Å². The summed E-state index contributed by atoms with van der Waals surface area (Å²) in [6.07, 6.45) is 0. The minimum atomic E-state index is 0.625. The highest BCUT2D eigenvalue weighted by atomic mass is 16.5. The fourth-order valence-electron chi connectivity index (χ4n) is 2.40. The summed E-state index contributed by atoms with van der Waals surface area (Å²) in [4.78, 5) is 6.94. The normalized spacial score (nSPS) is 20.7. The van der Waals surface area contributed by atoms with Crippen LogP contribution in [0.2, 0.25) is 0 Å². The van der Waals surface area contributed by atoms with Gasteiger partial charge in [0, 0.05) is 51.0 Å². The zero-order valence-corrected chi connectivity index (χ0v) is 14.6. The van der Waals surface area contributed by atoms with Gasteiger partial charge in [0.15, 0.2) is 11.5 Å². The average Bonchev–Trinajstić information content (AvgIpc) is 2.52. The van der Waals surface area contributed by atoms with Crippen LogP contribution in [0.15, 0.2) is 18.2 Å². The van der Waals surface area contributed by atoms with Crippen molar-refractivity contribution in [3.05, 3.63) is 18.2 Å². The van der Waals surface area contributed by atoms with Crippen molar-refractivity contribution in [1.29, 1.82) is 0 Å². The van der Waals surface area contributed by atoms with Gasteiger partial charge in [-0.1, -0.05) is 0 Å². The zero-order valence-electron chi connectivity index (χ0n) is 14.6. The number of anilines is 1. The van der Waals surface area contributed by atoms with Gasteiger partial charge in [0.25, 0.3) is 0 Å². The van der Waals surface area contributed by atoms with Crippen LogP contribution in [0.25, 0.3) is 0 Å². The van der Waals surface area contributed by atoms with Crippen LogP contribution in [-0.4, -0.2) is 88.3 Å². The molecule has 0 aromatic heterocycles. The van der Waals surface area contributed by atoms with Crippen molar-refractivity contribution >= 4 is 5.69 Å². The number of nitrogens with two attached hydrogens (primary N) is 1. The maximum Gasteiger partial charge on any atom is 0.163 e. The summed E-state index contributed by atoms with van der Waals surface area (Å²) in [7, 11) is 6.42. The molecule has 0 atom stereocenters. The van der Waals surface area contributed by atoms with Crippen LogP contribution < -0.4 is 15.2 Å². The average molecular weight is 322 g/mol. The molecule has 23 heavy (non-hydrogen) atoms. The molecule has 0 saturated heterocycles. The number of fused-ring (bicyclic) bond motifs is 1. The number of hydrogen-bond acceptors (Lipinski definition) is 6. The highest BCUT2D eigenvalue weighted by Crippen LogP contribution is 2.29. The largest absolute Gasteiger partial charge is 0.488 e. The van der Waals surface area contributed by atoms with Gasteiger partial charge in [-0.2, -0.15) is 0 Å². The molecule has 0 fully saturated rings. The third-order valence-corrected chi connectivity index (χ3v) is 4.16. The van der Waals surface area contributed by atoms with Gasteiger partial charge < -0.3 is 29.9 Å². The van der Waals surface area contributed by atoms with E-state index in [4.69, 9.17) is 15.2 Å². The monoisotopic (exact) mass is 322 g/mol. The fraction of sp³-hybridized carbons (Fsp3) is 0.647. The number of hydrogen-bond donors (Lipinski definition) is 1. The molecule has 130 valence electrons. The van der Waals surface area contributed by atoms with Crippen molar-refractivity contribution in [3.8, 4) is 11.5 Å². The Morgan fingerprint density at radius 3 is 1.78 bits per heavy atom. The molecule has 0 saturated carbocycles. The van der Waals surface area contributed by atoms with Crippen molar-refractivity contribution < 1.29 is 9.47 Å². The van der Waals surface area contributed by atoms with Crippen molar-refractivity contribution in [3.63, 3.8) is 0 Å². The van der Waals surface area contributed by atoms with E-state index in [1.54, 1.807) is 0 Å². The molecule has 0 spiro atoms. The lowest BCUT2D eigenvalue weighted by Gasteiger charge is -2.24. The van der Waals surface area contributed by atoms with E-state index in [0.29, 0.717) is 18.9 Å². The Kier molecular flexibility index (Phi) is 6.95. The summed E-state index contributed by atoms with van der Waals surface area (Å²) in [6, 6.07) is 5.58. The van der Waals surface area contributed by atoms with Gasteiger partial charge in [-0.15, -0.1) is 0 Å².